The van der Waals surface area contributed by atoms with Crippen LogP contribution in [-0.2, 0) is 15.1 Å². The molecule has 1 fully saturated rings. The van der Waals surface area contributed by atoms with Gasteiger partial charge in [0.05, 0.1) is 6.54 Å². The Morgan fingerprint density at radius 2 is 2.00 bits per heavy atom. The molecule has 1 saturated carbocycles. The first-order chi connectivity index (χ1) is 17.3. The van der Waals surface area contributed by atoms with Gasteiger partial charge in [-0.1, -0.05) is 75.1 Å². The summed E-state index contributed by atoms with van der Waals surface area (Å²) in [5.74, 6) is -0.317. The largest absolute Gasteiger partial charge is 0.450 e. The van der Waals surface area contributed by atoms with Crippen LogP contribution >= 0.6 is 0 Å². The molecule has 142 valence electrons. The van der Waals surface area contributed by atoms with Crippen LogP contribution in [0.25, 0.3) is 0 Å². The SMILES string of the molecule is [2H]OC(C(=O)OCC#CCN(CC)CC)(c1ccccc1)C1([2H])C([2H])([2H])C([2H])([2H])C([2H])([2H])C([2H])([2H])C1([2H])[2H]. The second kappa shape index (κ2) is 10.4. The Balaban J connectivity index is 2.81. The van der Waals surface area contributed by atoms with Gasteiger partial charge in [-0.2, -0.15) is 0 Å². The number of hydrogen-bond acceptors (Lipinski definition) is 4. The minimum atomic E-state index is -3.97. The molecule has 0 saturated heterocycles. The number of aliphatic hydroxyl groups is 1. The van der Waals surface area contributed by atoms with Crippen molar-refractivity contribution >= 4 is 5.97 Å². The maximum atomic E-state index is 13.6. The predicted octanol–water partition coefficient (Wildman–Crippen LogP) is 3.34. The zero-order valence-electron chi connectivity index (χ0n) is 26.9. The third-order valence-corrected chi connectivity index (χ3v) is 3.92. The summed E-state index contributed by atoms with van der Waals surface area (Å²) >= 11 is 0. The molecular weight excluding hydrogens is 326 g/mol. The lowest BCUT2D eigenvalue weighted by Gasteiger charge is -2.36. The van der Waals surface area contributed by atoms with Crippen LogP contribution in [0.5, 0.6) is 0 Å². The average Bonchev–Trinajstić information content (AvgIpc) is 2.86. The van der Waals surface area contributed by atoms with Crippen LogP contribution in [0.15, 0.2) is 30.3 Å². The molecule has 1 atom stereocenters. The van der Waals surface area contributed by atoms with Gasteiger partial charge < -0.3 is 9.85 Å². The lowest BCUT2D eigenvalue weighted by atomic mass is 9.73. The molecule has 0 bridgehead atoms. The zero-order valence-corrected chi connectivity index (χ0v) is 14.9. The molecule has 4 heteroatoms. The van der Waals surface area contributed by atoms with Crippen molar-refractivity contribution in [2.45, 2.75) is 51.3 Å². The number of nitrogens with zero attached hydrogens (tertiary/aromatic N) is 1. The number of esters is 1. The monoisotopic (exact) mass is 369 g/mol. The molecule has 1 aromatic carbocycles. The van der Waals surface area contributed by atoms with Crippen molar-refractivity contribution in [1.82, 2.24) is 4.90 Å². The molecule has 1 aliphatic rings. The van der Waals surface area contributed by atoms with Gasteiger partial charge in [-0.25, -0.2) is 4.79 Å². The van der Waals surface area contributed by atoms with Crippen LogP contribution in [0.2, 0.25) is 0 Å². The Morgan fingerprint density at radius 1 is 1.31 bits per heavy atom. The highest BCUT2D eigenvalue weighted by atomic mass is 16.5. The summed E-state index contributed by atoms with van der Waals surface area (Å²) in [4.78, 5) is 15.6. The minimum absolute atomic E-state index is 0.326. The fourth-order valence-corrected chi connectivity index (χ4v) is 2.33. The molecule has 1 aliphatic carbocycles. The fourth-order valence-electron chi connectivity index (χ4n) is 2.33. The standard InChI is InChI=1S/C22H31NO3/c1-3-23(4-2)17-11-12-18-26-21(24)22(25,19-13-7-5-8-14-19)20-15-9-6-10-16-20/h5,7-8,13-14,20,25H,3-4,6,9-10,15-18H2,1-2H3/i6D2,9D2,10D2,15D2,16D2,20D,25D. The van der Waals surface area contributed by atoms with Gasteiger partial charge in [-0.3, -0.25) is 4.90 Å². The van der Waals surface area contributed by atoms with Crippen LogP contribution < -0.4 is 0 Å². The second-order valence-corrected chi connectivity index (χ2v) is 5.44. The summed E-state index contributed by atoms with van der Waals surface area (Å²) in [6, 6.07) is 6.26. The minimum Gasteiger partial charge on any atom is -0.450 e. The molecule has 0 aliphatic heterocycles. The molecule has 0 radical (unpaired) electrons. The van der Waals surface area contributed by atoms with E-state index >= 15 is 0 Å². The summed E-state index contributed by atoms with van der Waals surface area (Å²) in [5, 5.41) is 4.68. The number of carbonyl (C=O) groups is 1. The Kier molecular flexibility index (Phi) is 3.74. The quantitative estimate of drug-likeness (QED) is 0.564. The molecule has 1 N–H and O–H groups in total. The third kappa shape index (κ3) is 5.09. The van der Waals surface area contributed by atoms with E-state index in [0.717, 1.165) is 12.1 Å². The molecular formula is C22H31NO3. The maximum Gasteiger partial charge on any atom is 0.344 e. The fraction of sp³-hybridized carbons (Fsp3) is 0.591. The highest BCUT2D eigenvalue weighted by molar-refractivity contribution is 5.81. The van der Waals surface area contributed by atoms with Crippen LogP contribution in [-0.4, -0.2) is 43.7 Å². The van der Waals surface area contributed by atoms with Crippen molar-refractivity contribution < 1.29 is 29.7 Å². The highest BCUT2D eigenvalue weighted by Gasteiger charge is 2.46. The van der Waals surface area contributed by atoms with E-state index in [1.165, 1.54) is 18.2 Å². The molecule has 2 rings (SSSR count). The summed E-state index contributed by atoms with van der Waals surface area (Å²) < 4.78 is 105. The van der Waals surface area contributed by atoms with Crippen molar-refractivity contribution in [1.29, 1.82) is 1.43 Å². The first-order valence-corrected chi connectivity index (χ1v) is 8.38. The number of ether oxygens (including phenoxy) is 1. The average molecular weight is 370 g/mol. The van der Waals surface area contributed by atoms with Crippen molar-refractivity contribution in [3.8, 4) is 11.8 Å². The first-order valence-electron chi connectivity index (χ1n) is 14.3. The normalized spacial score (nSPS) is 34.9. The van der Waals surface area contributed by atoms with E-state index in [0.29, 0.717) is 19.6 Å². The molecule has 0 spiro atoms. The smallest absolute Gasteiger partial charge is 0.344 e. The van der Waals surface area contributed by atoms with E-state index in [2.05, 4.69) is 16.9 Å². The van der Waals surface area contributed by atoms with E-state index in [-0.39, 0.29) is 0 Å². The van der Waals surface area contributed by atoms with Gasteiger partial charge in [0, 0.05) is 21.0 Å². The van der Waals surface area contributed by atoms with E-state index in [1.807, 2.05) is 18.7 Å². The summed E-state index contributed by atoms with van der Waals surface area (Å²) in [7, 11) is 0. The molecule has 1 aromatic rings. The Morgan fingerprint density at radius 3 is 2.62 bits per heavy atom. The number of hydrogen-bond donors (Lipinski definition) is 1. The summed E-state index contributed by atoms with van der Waals surface area (Å²) in [6.45, 7) is 4.94. The van der Waals surface area contributed by atoms with Gasteiger partial charge in [-0.05, 0) is 31.4 Å². The molecule has 4 nitrogen and oxygen atoms in total. The van der Waals surface area contributed by atoms with Crippen LogP contribution in [0.3, 0.4) is 0 Å². The summed E-state index contributed by atoms with van der Waals surface area (Å²) in [5.41, 5.74) is -3.91. The van der Waals surface area contributed by atoms with E-state index in [1.54, 1.807) is 0 Å². The van der Waals surface area contributed by atoms with Gasteiger partial charge >= 0.3 is 5.97 Å². The van der Waals surface area contributed by atoms with Crippen molar-refractivity contribution in [3.05, 3.63) is 35.9 Å². The van der Waals surface area contributed by atoms with Gasteiger partial charge in [0.2, 0.25) is 1.43 Å². The van der Waals surface area contributed by atoms with Gasteiger partial charge in [0.25, 0.3) is 0 Å². The Bertz CT molecular complexity index is 1040. The van der Waals surface area contributed by atoms with Gasteiger partial charge in [0.15, 0.2) is 12.2 Å². The van der Waals surface area contributed by atoms with Crippen LogP contribution in [0.4, 0.5) is 0 Å². The highest BCUT2D eigenvalue weighted by Crippen LogP contribution is 2.40. The molecule has 0 aromatic heterocycles. The number of benzene rings is 1. The van der Waals surface area contributed by atoms with Crippen LogP contribution in [0.1, 0.15) is 66.4 Å². The van der Waals surface area contributed by atoms with Crippen molar-refractivity contribution in [2.75, 3.05) is 26.2 Å². The Hall–Kier alpha value is -1.83. The van der Waals surface area contributed by atoms with Crippen LogP contribution in [0, 0.1) is 17.7 Å². The predicted molar refractivity (Wildman–Crippen MR) is 103 cm³/mol. The Labute approximate surface area is 174 Å². The molecule has 0 amide bonds. The summed E-state index contributed by atoms with van der Waals surface area (Å²) in [6.07, 6.45) is -19.5. The lowest BCUT2D eigenvalue weighted by molar-refractivity contribution is -0.174. The third-order valence-electron chi connectivity index (χ3n) is 3.92. The molecule has 0 heterocycles. The molecule has 1 unspecified atom stereocenters. The van der Waals surface area contributed by atoms with E-state index in [4.69, 9.17) is 21.2 Å². The zero-order chi connectivity index (χ0) is 29.4. The second-order valence-electron chi connectivity index (χ2n) is 5.44. The molecule has 26 heavy (non-hydrogen) atoms. The number of rotatable bonds is 8. The van der Waals surface area contributed by atoms with E-state index < -0.39 is 61.5 Å². The van der Waals surface area contributed by atoms with Gasteiger partial charge in [-0.15, -0.1) is 0 Å². The number of carbonyl (C=O) groups excluding carboxylic acids is 1. The first kappa shape index (κ1) is 9.39. The maximum absolute atomic E-state index is 13.6. The van der Waals surface area contributed by atoms with E-state index in [9.17, 15) is 4.79 Å². The van der Waals surface area contributed by atoms with Crippen molar-refractivity contribution in [2.24, 2.45) is 5.89 Å². The topological polar surface area (TPSA) is 49.8 Å². The van der Waals surface area contributed by atoms with Crippen molar-refractivity contribution in [3.63, 3.8) is 0 Å². The lowest BCUT2D eigenvalue weighted by Crippen LogP contribution is -2.45. The van der Waals surface area contributed by atoms with Gasteiger partial charge in [0.1, 0.15) is 0 Å².